The number of hydrogen-bond acceptors (Lipinski definition) is 11. The Bertz CT molecular complexity index is 1100. The predicted octanol–water partition coefficient (Wildman–Crippen LogP) is 1.67. The number of aromatic carboxylic acids is 1. The molecule has 0 aromatic heterocycles. The zero-order valence-corrected chi connectivity index (χ0v) is 26.9. The van der Waals surface area contributed by atoms with Gasteiger partial charge in [0.1, 0.15) is 23.6 Å². The van der Waals surface area contributed by atoms with E-state index in [2.05, 4.69) is 16.0 Å². The van der Waals surface area contributed by atoms with Gasteiger partial charge in [0.15, 0.2) is 6.04 Å². The highest BCUT2D eigenvalue weighted by atomic mass is 16.6. The second-order valence-corrected chi connectivity index (χ2v) is 11.5. The number of carbonyl (C=O) groups is 5. The van der Waals surface area contributed by atoms with Crippen molar-refractivity contribution in [3.63, 3.8) is 0 Å². The third-order valence-corrected chi connectivity index (χ3v) is 5.10. The first kappa shape index (κ1) is 39.1. The lowest BCUT2D eigenvalue weighted by Crippen LogP contribution is -2.56. The summed E-state index contributed by atoms with van der Waals surface area (Å²) in [6, 6.07) is 4.56. The molecule has 0 aliphatic rings. The second kappa shape index (κ2) is 20.2. The minimum Gasteiger partial charge on any atom is -0.491 e. The zero-order chi connectivity index (χ0) is 33.9. The summed E-state index contributed by atoms with van der Waals surface area (Å²) in [4.78, 5) is 60.5. The van der Waals surface area contributed by atoms with Gasteiger partial charge in [-0.1, -0.05) is 6.07 Å². The van der Waals surface area contributed by atoms with Crippen LogP contribution in [0.2, 0.25) is 0 Å². The Balaban J connectivity index is 2.28. The first-order valence-electron chi connectivity index (χ1n) is 14.5. The quantitative estimate of drug-likeness (QED) is 0.0914. The highest BCUT2D eigenvalue weighted by Gasteiger charge is 2.30. The minimum absolute atomic E-state index is 0.0506. The van der Waals surface area contributed by atoms with E-state index in [-0.39, 0.29) is 51.5 Å². The van der Waals surface area contributed by atoms with Crippen LogP contribution < -0.4 is 20.7 Å². The van der Waals surface area contributed by atoms with Gasteiger partial charge in [0.25, 0.3) is 11.8 Å². The maximum atomic E-state index is 12.7. The molecule has 3 amide bonds. The number of alkyl carbamates (subject to hydrolysis) is 1. The molecular weight excluding hydrogens is 594 g/mol. The minimum atomic E-state index is -1.61. The molecule has 1 unspecified atom stereocenters. The Labute approximate surface area is 263 Å². The highest BCUT2D eigenvalue weighted by molar-refractivity contribution is 6.06. The standard InChI is InChI=1S/C30H47N3O12/c1-29(2,3)44-23(34)10-11-31-25(35)24(33-28(39)45-30(4,5)6)26(36)32-12-13-40-14-15-41-16-17-42-18-19-43-22-9-7-8-21(20-22)27(37)38/h7-9,20,24H,10-19H2,1-6H3,(H,31,35)(H,32,36)(H,33,39)(H,37,38). The Kier molecular flexibility index (Phi) is 17.5. The van der Waals surface area contributed by atoms with Crippen LogP contribution >= 0.6 is 0 Å². The van der Waals surface area contributed by atoms with E-state index in [1.54, 1.807) is 53.7 Å². The SMILES string of the molecule is CC(C)(C)OC(=O)CCNC(=O)C(NC(=O)OC(C)(C)C)C(=O)NCCOCCOCCOCCOc1cccc(C(=O)O)c1. The molecule has 1 rings (SSSR count). The smallest absolute Gasteiger partial charge is 0.408 e. The van der Waals surface area contributed by atoms with E-state index in [1.165, 1.54) is 12.1 Å². The van der Waals surface area contributed by atoms with Crippen LogP contribution in [-0.4, -0.2) is 112 Å². The van der Waals surface area contributed by atoms with E-state index in [1.807, 2.05) is 0 Å². The van der Waals surface area contributed by atoms with Gasteiger partial charge in [0.05, 0.1) is 51.6 Å². The fourth-order valence-electron chi connectivity index (χ4n) is 3.29. The van der Waals surface area contributed by atoms with Crippen LogP contribution in [0.4, 0.5) is 4.79 Å². The summed E-state index contributed by atoms with van der Waals surface area (Å²) >= 11 is 0. The van der Waals surface area contributed by atoms with E-state index in [0.29, 0.717) is 25.6 Å². The van der Waals surface area contributed by atoms with Gasteiger partial charge in [0, 0.05) is 13.1 Å². The third-order valence-electron chi connectivity index (χ3n) is 5.10. The van der Waals surface area contributed by atoms with Crippen molar-refractivity contribution >= 4 is 29.8 Å². The summed E-state index contributed by atoms with van der Waals surface area (Å²) in [5, 5.41) is 16.2. The van der Waals surface area contributed by atoms with Crippen molar-refractivity contribution in [2.24, 2.45) is 0 Å². The normalized spacial score (nSPS) is 12.0. The average molecular weight is 642 g/mol. The summed E-state index contributed by atoms with van der Waals surface area (Å²) in [6.45, 7) is 11.8. The summed E-state index contributed by atoms with van der Waals surface area (Å²) in [5.41, 5.74) is -1.39. The molecule has 0 saturated carbocycles. The van der Waals surface area contributed by atoms with Crippen molar-refractivity contribution in [2.45, 2.75) is 65.2 Å². The summed E-state index contributed by atoms with van der Waals surface area (Å²) in [7, 11) is 0. The first-order valence-corrected chi connectivity index (χ1v) is 14.5. The number of ether oxygens (including phenoxy) is 6. The Hall–Kier alpha value is -3.95. The predicted molar refractivity (Wildman–Crippen MR) is 161 cm³/mol. The molecule has 15 heteroatoms. The van der Waals surface area contributed by atoms with Gasteiger partial charge in [0.2, 0.25) is 0 Å². The van der Waals surface area contributed by atoms with Crippen LogP contribution in [0, 0.1) is 0 Å². The molecule has 0 spiro atoms. The number of carbonyl (C=O) groups excluding carboxylic acids is 4. The molecule has 4 N–H and O–H groups in total. The van der Waals surface area contributed by atoms with Crippen LogP contribution in [0.15, 0.2) is 24.3 Å². The lowest BCUT2D eigenvalue weighted by Gasteiger charge is -2.23. The van der Waals surface area contributed by atoms with E-state index >= 15 is 0 Å². The molecule has 0 heterocycles. The largest absolute Gasteiger partial charge is 0.491 e. The highest BCUT2D eigenvalue weighted by Crippen LogP contribution is 2.13. The number of amides is 3. The van der Waals surface area contributed by atoms with Gasteiger partial charge in [-0.2, -0.15) is 0 Å². The molecule has 0 aliphatic heterocycles. The summed E-state index contributed by atoms with van der Waals surface area (Å²) < 4.78 is 32.0. The maximum Gasteiger partial charge on any atom is 0.408 e. The molecule has 254 valence electrons. The molecular formula is C30H47N3O12. The number of carboxylic acid groups (broad SMARTS) is 1. The van der Waals surface area contributed by atoms with Gasteiger partial charge in [-0.05, 0) is 59.7 Å². The molecule has 0 fully saturated rings. The molecule has 0 saturated heterocycles. The van der Waals surface area contributed by atoms with Crippen molar-refractivity contribution in [2.75, 3.05) is 59.3 Å². The topological polar surface area (TPSA) is 197 Å². The molecule has 1 atom stereocenters. The van der Waals surface area contributed by atoms with E-state index in [9.17, 15) is 24.0 Å². The number of hydrogen-bond donors (Lipinski definition) is 4. The summed E-state index contributed by atoms with van der Waals surface area (Å²) in [6.07, 6.45) is -1.08. The number of esters is 1. The van der Waals surface area contributed by atoms with Crippen molar-refractivity contribution in [1.82, 2.24) is 16.0 Å². The first-order chi connectivity index (χ1) is 21.1. The van der Waals surface area contributed by atoms with Gasteiger partial charge >= 0.3 is 18.0 Å². The molecule has 45 heavy (non-hydrogen) atoms. The molecule has 0 bridgehead atoms. The lowest BCUT2D eigenvalue weighted by molar-refractivity contribution is -0.154. The van der Waals surface area contributed by atoms with Crippen LogP contribution in [0.3, 0.4) is 0 Å². The van der Waals surface area contributed by atoms with Gasteiger partial charge in [-0.25, -0.2) is 9.59 Å². The van der Waals surface area contributed by atoms with E-state index in [0.717, 1.165) is 0 Å². The van der Waals surface area contributed by atoms with Gasteiger partial charge in [-0.3, -0.25) is 14.4 Å². The van der Waals surface area contributed by atoms with Crippen LogP contribution in [0.25, 0.3) is 0 Å². The summed E-state index contributed by atoms with van der Waals surface area (Å²) in [5.74, 6) is -2.72. The number of carboxylic acids is 1. The van der Waals surface area contributed by atoms with Crippen LogP contribution in [0.1, 0.15) is 58.3 Å². The molecule has 1 aromatic rings. The maximum absolute atomic E-state index is 12.7. The van der Waals surface area contributed by atoms with Gasteiger partial charge < -0.3 is 49.5 Å². The Morgan fingerprint density at radius 3 is 1.82 bits per heavy atom. The van der Waals surface area contributed by atoms with Crippen LogP contribution in [0.5, 0.6) is 5.75 Å². The van der Waals surface area contributed by atoms with E-state index in [4.69, 9.17) is 33.5 Å². The Morgan fingerprint density at radius 1 is 0.733 bits per heavy atom. The van der Waals surface area contributed by atoms with Crippen molar-refractivity contribution in [1.29, 1.82) is 0 Å². The number of rotatable bonds is 20. The number of nitrogens with one attached hydrogen (secondary N) is 3. The molecule has 0 aliphatic carbocycles. The molecule has 0 radical (unpaired) electrons. The van der Waals surface area contributed by atoms with E-state index < -0.39 is 47.1 Å². The average Bonchev–Trinajstić information content (AvgIpc) is 2.92. The molecule has 15 nitrogen and oxygen atoms in total. The zero-order valence-electron chi connectivity index (χ0n) is 26.9. The van der Waals surface area contributed by atoms with Crippen molar-refractivity contribution in [3.8, 4) is 5.75 Å². The fraction of sp³-hybridized carbons (Fsp3) is 0.633. The third kappa shape index (κ3) is 19.8. The van der Waals surface area contributed by atoms with Crippen molar-refractivity contribution < 1.29 is 57.5 Å². The van der Waals surface area contributed by atoms with Crippen LogP contribution in [-0.2, 0) is 38.1 Å². The monoisotopic (exact) mass is 641 g/mol. The fourth-order valence-corrected chi connectivity index (χ4v) is 3.29. The second-order valence-electron chi connectivity index (χ2n) is 11.5. The van der Waals surface area contributed by atoms with Crippen molar-refractivity contribution in [3.05, 3.63) is 29.8 Å². The Morgan fingerprint density at radius 2 is 1.27 bits per heavy atom. The molecule has 1 aromatic carbocycles. The van der Waals surface area contributed by atoms with Gasteiger partial charge in [-0.15, -0.1) is 0 Å². The number of benzene rings is 1. The lowest BCUT2D eigenvalue weighted by atomic mass is 10.2.